The second kappa shape index (κ2) is 7.10. The Bertz CT molecular complexity index is 852. The van der Waals surface area contributed by atoms with E-state index in [-0.39, 0.29) is 0 Å². The van der Waals surface area contributed by atoms with Crippen LogP contribution in [0.4, 0.5) is 5.69 Å². The first-order chi connectivity index (χ1) is 12.2. The molecule has 1 N–H and O–H groups in total. The molecule has 128 valence electrons. The molecule has 0 unspecified atom stereocenters. The average molecular weight is 368 g/mol. The van der Waals surface area contributed by atoms with Crippen molar-refractivity contribution in [2.24, 2.45) is 0 Å². The average Bonchev–Trinajstić information content (AvgIpc) is 3.08. The zero-order valence-electron chi connectivity index (χ0n) is 14.2. The van der Waals surface area contributed by atoms with Crippen molar-refractivity contribution in [3.63, 3.8) is 0 Å². The normalized spacial score (nSPS) is 17.6. The molecule has 1 saturated heterocycles. The molecular weight excluding hydrogens is 346 g/mol. The van der Waals surface area contributed by atoms with Crippen LogP contribution in [-0.2, 0) is 0 Å². The maximum atomic E-state index is 5.65. The maximum absolute atomic E-state index is 5.65. The monoisotopic (exact) mass is 367 g/mol. The predicted molar refractivity (Wildman–Crippen MR) is 111 cm³/mol. The van der Waals surface area contributed by atoms with Crippen molar-refractivity contribution in [1.82, 2.24) is 9.88 Å². The number of benzene rings is 2. The van der Waals surface area contributed by atoms with Crippen LogP contribution in [0.5, 0.6) is 0 Å². The number of thiazole rings is 1. The van der Waals surface area contributed by atoms with Gasteiger partial charge in [-0.05, 0) is 56.2 Å². The minimum Gasteiger partial charge on any atom is -0.348 e. The lowest BCUT2D eigenvalue weighted by molar-refractivity contribution is 0.312. The minimum atomic E-state index is 0.462. The van der Waals surface area contributed by atoms with E-state index in [2.05, 4.69) is 65.7 Å². The molecule has 0 spiro atoms. The summed E-state index contributed by atoms with van der Waals surface area (Å²) in [6.07, 6.45) is 2.33. The smallest absolute Gasteiger partial charge is 0.173 e. The van der Waals surface area contributed by atoms with E-state index in [0.29, 0.717) is 5.92 Å². The molecule has 2 heterocycles. The lowest BCUT2D eigenvalue weighted by Crippen LogP contribution is -2.41. The fraction of sp³-hybridized carbons (Fsp3) is 0.300. The lowest BCUT2D eigenvalue weighted by atomic mass is 9.99. The number of nitrogens with zero attached hydrogens (tertiary/aromatic N) is 2. The molecule has 1 aromatic heterocycles. The van der Waals surface area contributed by atoms with Crippen LogP contribution in [0.15, 0.2) is 48.5 Å². The van der Waals surface area contributed by atoms with Gasteiger partial charge in [-0.15, -0.1) is 11.3 Å². The van der Waals surface area contributed by atoms with E-state index in [1.165, 1.54) is 21.7 Å². The maximum Gasteiger partial charge on any atom is 0.173 e. The van der Waals surface area contributed by atoms with Gasteiger partial charge in [0.15, 0.2) is 5.11 Å². The van der Waals surface area contributed by atoms with Gasteiger partial charge in [-0.25, -0.2) is 4.98 Å². The van der Waals surface area contributed by atoms with Gasteiger partial charge in [-0.2, -0.15) is 0 Å². The first kappa shape index (κ1) is 16.5. The Morgan fingerprint density at radius 2 is 2.00 bits per heavy atom. The Hall–Kier alpha value is -1.98. The number of piperidine rings is 1. The first-order valence-corrected chi connectivity index (χ1v) is 9.89. The molecule has 0 bridgehead atoms. The highest BCUT2D eigenvalue weighted by molar-refractivity contribution is 7.80. The lowest BCUT2D eigenvalue weighted by Gasteiger charge is -2.33. The number of para-hydroxylation sites is 1. The van der Waals surface area contributed by atoms with Crippen LogP contribution in [0.1, 0.15) is 29.3 Å². The summed E-state index contributed by atoms with van der Waals surface area (Å²) < 4.78 is 1.27. The van der Waals surface area contributed by atoms with Crippen molar-refractivity contribution in [3.8, 4) is 0 Å². The molecule has 1 fully saturated rings. The number of anilines is 1. The van der Waals surface area contributed by atoms with Gasteiger partial charge in [0.1, 0.15) is 0 Å². The zero-order valence-corrected chi connectivity index (χ0v) is 15.9. The van der Waals surface area contributed by atoms with E-state index in [1.54, 1.807) is 0 Å². The number of fused-ring (bicyclic) bond motifs is 1. The summed E-state index contributed by atoms with van der Waals surface area (Å²) in [5.41, 5.74) is 3.42. The summed E-state index contributed by atoms with van der Waals surface area (Å²) in [5.74, 6) is 0.462. The molecule has 3 aromatic rings. The second-order valence-electron chi connectivity index (χ2n) is 6.60. The van der Waals surface area contributed by atoms with Gasteiger partial charge in [0, 0.05) is 24.7 Å². The SMILES string of the molecule is Cc1ccc(NC(=S)N2CCC[C@@H](c3nc4ccccc4s3)C2)cc1. The summed E-state index contributed by atoms with van der Waals surface area (Å²) in [6, 6.07) is 16.8. The second-order valence-corrected chi connectivity index (χ2v) is 8.05. The highest BCUT2D eigenvalue weighted by atomic mass is 32.1. The molecule has 0 amide bonds. The number of hydrogen-bond donors (Lipinski definition) is 1. The number of likely N-dealkylation sites (tertiary alicyclic amines) is 1. The van der Waals surface area contributed by atoms with Crippen molar-refractivity contribution in [1.29, 1.82) is 0 Å². The third-order valence-electron chi connectivity index (χ3n) is 4.67. The third kappa shape index (κ3) is 3.67. The Morgan fingerprint density at radius 3 is 2.80 bits per heavy atom. The Balaban J connectivity index is 1.46. The number of aromatic nitrogens is 1. The van der Waals surface area contributed by atoms with Crippen LogP contribution in [0.25, 0.3) is 10.2 Å². The fourth-order valence-corrected chi connectivity index (χ4v) is 4.64. The van der Waals surface area contributed by atoms with Crippen molar-refractivity contribution in [2.75, 3.05) is 18.4 Å². The number of rotatable bonds is 2. The van der Waals surface area contributed by atoms with Crippen LogP contribution >= 0.6 is 23.6 Å². The predicted octanol–water partition coefficient (Wildman–Crippen LogP) is 5.18. The van der Waals surface area contributed by atoms with E-state index < -0.39 is 0 Å². The topological polar surface area (TPSA) is 28.2 Å². The third-order valence-corrected chi connectivity index (χ3v) is 6.23. The van der Waals surface area contributed by atoms with Gasteiger partial charge in [0.2, 0.25) is 0 Å². The molecule has 25 heavy (non-hydrogen) atoms. The molecule has 4 rings (SSSR count). The van der Waals surface area contributed by atoms with Crippen molar-refractivity contribution < 1.29 is 0 Å². The molecule has 0 saturated carbocycles. The van der Waals surface area contributed by atoms with Crippen molar-refractivity contribution >= 4 is 44.6 Å². The number of nitrogens with one attached hydrogen (secondary N) is 1. The van der Waals surface area contributed by atoms with Crippen molar-refractivity contribution in [2.45, 2.75) is 25.7 Å². The Morgan fingerprint density at radius 1 is 1.20 bits per heavy atom. The molecule has 0 aliphatic carbocycles. The van der Waals surface area contributed by atoms with E-state index >= 15 is 0 Å². The highest BCUT2D eigenvalue weighted by Gasteiger charge is 2.25. The summed E-state index contributed by atoms with van der Waals surface area (Å²) >= 11 is 7.48. The van der Waals surface area contributed by atoms with Crippen LogP contribution in [0.2, 0.25) is 0 Å². The van der Waals surface area contributed by atoms with Gasteiger partial charge >= 0.3 is 0 Å². The van der Waals surface area contributed by atoms with E-state index in [9.17, 15) is 0 Å². The Kier molecular flexibility index (Phi) is 4.68. The molecular formula is C20H21N3S2. The summed E-state index contributed by atoms with van der Waals surface area (Å²) in [5, 5.41) is 5.43. The van der Waals surface area contributed by atoms with Gasteiger partial charge in [-0.1, -0.05) is 29.8 Å². The van der Waals surface area contributed by atoms with E-state index in [1.807, 2.05) is 11.3 Å². The molecule has 1 aliphatic rings. The minimum absolute atomic E-state index is 0.462. The molecule has 1 aliphatic heterocycles. The van der Waals surface area contributed by atoms with E-state index in [4.69, 9.17) is 17.2 Å². The Labute approximate surface area is 157 Å². The van der Waals surface area contributed by atoms with E-state index in [0.717, 1.165) is 35.8 Å². The van der Waals surface area contributed by atoms with Gasteiger partial charge in [-0.3, -0.25) is 0 Å². The van der Waals surface area contributed by atoms with Gasteiger partial charge < -0.3 is 10.2 Å². The molecule has 1 atom stereocenters. The summed E-state index contributed by atoms with van der Waals surface area (Å²) in [6.45, 7) is 4.05. The molecule has 2 aromatic carbocycles. The van der Waals surface area contributed by atoms with Crippen molar-refractivity contribution in [3.05, 3.63) is 59.1 Å². The van der Waals surface area contributed by atoms with Gasteiger partial charge in [0.05, 0.1) is 15.2 Å². The van der Waals surface area contributed by atoms with Crippen LogP contribution < -0.4 is 5.32 Å². The fourth-order valence-electron chi connectivity index (χ4n) is 3.27. The number of aryl methyl sites for hydroxylation is 1. The molecule has 5 heteroatoms. The first-order valence-electron chi connectivity index (χ1n) is 8.67. The van der Waals surface area contributed by atoms with Gasteiger partial charge in [0.25, 0.3) is 0 Å². The standard InChI is InChI=1S/C20H21N3S2/c1-14-8-10-16(11-9-14)21-20(24)23-12-4-5-15(13-23)19-22-17-6-2-3-7-18(17)25-19/h2-3,6-11,15H,4-5,12-13H2,1H3,(H,21,24)/t15-/m1/s1. The van der Waals surface area contributed by atoms with Crippen LogP contribution in [-0.4, -0.2) is 28.1 Å². The number of hydrogen-bond acceptors (Lipinski definition) is 3. The van der Waals surface area contributed by atoms with Crippen LogP contribution in [0.3, 0.4) is 0 Å². The zero-order chi connectivity index (χ0) is 17.2. The highest BCUT2D eigenvalue weighted by Crippen LogP contribution is 2.33. The largest absolute Gasteiger partial charge is 0.348 e. The number of thiocarbonyl (C=S) groups is 1. The molecule has 0 radical (unpaired) electrons. The quantitative estimate of drug-likeness (QED) is 0.632. The van der Waals surface area contributed by atoms with Crippen LogP contribution in [0, 0.1) is 6.92 Å². The summed E-state index contributed by atoms with van der Waals surface area (Å²) in [7, 11) is 0. The summed E-state index contributed by atoms with van der Waals surface area (Å²) in [4.78, 5) is 7.14. The molecule has 3 nitrogen and oxygen atoms in total.